The van der Waals surface area contributed by atoms with Gasteiger partial charge in [0, 0.05) is 16.9 Å². The number of carbonyl (C=O) groups excluding carboxylic acids is 1. The molecule has 0 radical (unpaired) electrons. The topological polar surface area (TPSA) is 84.2 Å². The highest BCUT2D eigenvalue weighted by atomic mass is 32.2. The summed E-state index contributed by atoms with van der Waals surface area (Å²) in [5.74, 6) is 0.0912. The van der Waals surface area contributed by atoms with Gasteiger partial charge < -0.3 is 10.4 Å². The van der Waals surface area contributed by atoms with Crippen LogP contribution in [-0.2, 0) is 30.6 Å². The highest BCUT2D eigenvalue weighted by molar-refractivity contribution is 8.00. The first kappa shape index (κ1) is 19.6. The number of aliphatic hydroxyl groups is 1. The lowest BCUT2D eigenvalue weighted by molar-refractivity contribution is -0.113. The second kappa shape index (κ2) is 9.19. The quantitative estimate of drug-likeness (QED) is 0.563. The number of nitrogens with one attached hydrogen (secondary N) is 1. The summed E-state index contributed by atoms with van der Waals surface area (Å²) in [5.41, 5.74) is 3.67. The molecule has 1 heterocycles. The zero-order valence-corrected chi connectivity index (χ0v) is 16.3. The molecule has 0 saturated heterocycles. The number of thioether (sulfide) groups is 1. The van der Waals surface area contributed by atoms with Gasteiger partial charge in [-0.15, -0.1) is 0 Å². The number of hydrogen-bond acceptors (Lipinski definition) is 5. The maximum absolute atomic E-state index is 12.3. The molecule has 0 fully saturated rings. The summed E-state index contributed by atoms with van der Waals surface area (Å²) in [7, 11) is 0. The zero-order valence-electron chi connectivity index (χ0n) is 15.5. The van der Waals surface area contributed by atoms with Crippen molar-refractivity contribution in [2.24, 2.45) is 0 Å². The molecule has 144 valence electrons. The minimum absolute atomic E-state index is 0.0836. The molecule has 2 N–H and O–H groups in total. The van der Waals surface area contributed by atoms with Crippen LogP contribution in [0.2, 0.25) is 0 Å². The lowest BCUT2D eigenvalue weighted by Gasteiger charge is -2.22. The molecule has 0 spiro atoms. The van der Waals surface area contributed by atoms with E-state index in [4.69, 9.17) is 0 Å². The number of anilines is 1. The molecular formula is C20H25N3O3S. The van der Waals surface area contributed by atoms with Crippen molar-refractivity contribution in [2.75, 3.05) is 17.7 Å². The Bertz CT molecular complexity index is 862. The normalized spacial score (nSPS) is 13.3. The fourth-order valence-corrected chi connectivity index (χ4v) is 4.23. The minimum Gasteiger partial charge on any atom is -0.395 e. The van der Waals surface area contributed by atoms with E-state index in [0.717, 1.165) is 49.0 Å². The number of hydrogen-bond donors (Lipinski definition) is 2. The van der Waals surface area contributed by atoms with E-state index < -0.39 is 0 Å². The highest BCUT2D eigenvalue weighted by Crippen LogP contribution is 2.28. The molecule has 1 aliphatic carbocycles. The summed E-state index contributed by atoms with van der Waals surface area (Å²) >= 11 is 1.31. The van der Waals surface area contributed by atoms with Gasteiger partial charge in [-0.2, -0.15) is 4.98 Å². The summed E-state index contributed by atoms with van der Waals surface area (Å²) in [4.78, 5) is 28.8. The number of amides is 1. The molecule has 1 aromatic carbocycles. The molecule has 3 rings (SSSR count). The highest BCUT2D eigenvalue weighted by Gasteiger charge is 2.20. The Hall–Kier alpha value is -2.12. The van der Waals surface area contributed by atoms with Crippen molar-refractivity contribution in [1.82, 2.24) is 9.55 Å². The van der Waals surface area contributed by atoms with Gasteiger partial charge in [-0.05, 0) is 49.8 Å². The number of aromatic nitrogens is 2. The number of aliphatic hydroxyl groups excluding tert-OH is 1. The Labute approximate surface area is 163 Å². The number of aryl methyl sites for hydroxylation is 1. The van der Waals surface area contributed by atoms with E-state index in [1.54, 1.807) is 4.57 Å². The Balaban J connectivity index is 1.70. The number of carbonyl (C=O) groups is 1. The first-order valence-corrected chi connectivity index (χ1v) is 10.4. The van der Waals surface area contributed by atoms with Crippen molar-refractivity contribution in [2.45, 2.75) is 50.6 Å². The maximum atomic E-state index is 12.3. The van der Waals surface area contributed by atoms with E-state index >= 15 is 0 Å². The average molecular weight is 388 g/mol. The molecule has 0 saturated carbocycles. The second-order valence-corrected chi connectivity index (χ2v) is 7.56. The monoisotopic (exact) mass is 387 g/mol. The van der Waals surface area contributed by atoms with Gasteiger partial charge in [0.1, 0.15) is 5.03 Å². The van der Waals surface area contributed by atoms with E-state index in [2.05, 4.69) is 17.2 Å². The first-order chi connectivity index (χ1) is 13.1. The van der Waals surface area contributed by atoms with Crippen LogP contribution in [0.5, 0.6) is 0 Å². The van der Waals surface area contributed by atoms with Gasteiger partial charge in [0.05, 0.1) is 18.9 Å². The lowest BCUT2D eigenvalue weighted by Crippen LogP contribution is -2.31. The van der Waals surface area contributed by atoms with E-state index in [1.807, 2.05) is 24.3 Å². The average Bonchev–Trinajstić information content (AvgIpc) is 2.69. The molecule has 0 atom stereocenters. The summed E-state index contributed by atoms with van der Waals surface area (Å²) in [5, 5.41) is 12.8. The third-order valence-corrected chi connectivity index (χ3v) is 5.78. The fraction of sp³-hybridized carbons (Fsp3) is 0.450. The van der Waals surface area contributed by atoms with Crippen LogP contribution in [0.25, 0.3) is 0 Å². The predicted molar refractivity (Wildman–Crippen MR) is 107 cm³/mol. The molecule has 7 heteroatoms. The van der Waals surface area contributed by atoms with Gasteiger partial charge in [0.15, 0.2) is 0 Å². The summed E-state index contributed by atoms with van der Waals surface area (Å²) < 4.78 is 1.58. The van der Waals surface area contributed by atoms with Gasteiger partial charge in [-0.1, -0.05) is 30.8 Å². The third kappa shape index (κ3) is 4.78. The second-order valence-electron chi connectivity index (χ2n) is 6.59. The van der Waals surface area contributed by atoms with Crippen LogP contribution in [0, 0.1) is 0 Å². The van der Waals surface area contributed by atoms with Crippen molar-refractivity contribution in [3.8, 4) is 0 Å². The van der Waals surface area contributed by atoms with Crippen LogP contribution in [0.3, 0.4) is 0 Å². The Kier molecular flexibility index (Phi) is 6.68. The molecule has 27 heavy (non-hydrogen) atoms. The van der Waals surface area contributed by atoms with Crippen molar-refractivity contribution < 1.29 is 9.90 Å². The smallest absolute Gasteiger partial charge is 0.348 e. The lowest BCUT2D eigenvalue weighted by atomic mass is 9.97. The van der Waals surface area contributed by atoms with Crippen LogP contribution >= 0.6 is 11.8 Å². The zero-order chi connectivity index (χ0) is 19.2. The molecule has 0 unspecified atom stereocenters. The van der Waals surface area contributed by atoms with Crippen molar-refractivity contribution in [1.29, 1.82) is 0 Å². The largest absolute Gasteiger partial charge is 0.395 e. The van der Waals surface area contributed by atoms with Gasteiger partial charge in [0.25, 0.3) is 0 Å². The third-order valence-electron chi connectivity index (χ3n) is 4.76. The van der Waals surface area contributed by atoms with Crippen LogP contribution in [0.1, 0.15) is 36.6 Å². The van der Waals surface area contributed by atoms with Crippen LogP contribution in [-0.4, -0.2) is 32.9 Å². The minimum atomic E-state index is -0.345. The van der Waals surface area contributed by atoms with Crippen LogP contribution < -0.4 is 11.0 Å². The number of nitrogens with zero attached hydrogens (tertiary/aromatic N) is 2. The summed E-state index contributed by atoms with van der Waals surface area (Å²) in [6.45, 7) is 2.28. The summed E-state index contributed by atoms with van der Waals surface area (Å²) in [6, 6.07) is 7.80. The Morgan fingerprint density at radius 1 is 1.26 bits per heavy atom. The molecular weight excluding hydrogens is 362 g/mol. The van der Waals surface area contributed by atoms with Crippen molar-refractivity contribution in [3.63, 3.8) is 0 Å². The van der Waals surface area contributed by atoms with E-state index in [1.165, 1.54) is 17.3 Å². The Morgan fingerprint density at radius 2 is 2.00 bits per heavy atom. The molecule has 0 bridgehead atoms. The maximum Gasteiger partial charge on any atom is 0.348 e. The molecule has 1 aliphatic rings. The van der Waals surface area contributed by atoms with E-state index in [9.17, 15) is 14.7 Å². The molecule has 1 aromatic heterocycles. The van der Waals surface area contributed by atoms with E-state index in [-0.39, 0.29) is 30.5 Å². The summed E-state index contributed by atoms with van der Waals surface area (Å²) in [6.07, 6.45) is 4.71. The SMILES string of the molecule is CCc1ccc(NC(=O)CSc2nc(=O)n(CCO)c3c2CCCC3)cc1. The number of benzene rings is 1. The van der Waals surface area contributed by atoms with Crippen LogP contribution in [0.4, 0.5) is 5.69 Å². The van der Waals surface area contributed by atoms with Gasteiger partial charge in [0.2, 0.25) is 5.91 Å². The number of rotatable bonds is 7. The van der Waals surface area contributed by atoms with Gasteiger partial charge >= 0.3 is 5.69 Å². The van der Waals surface area contributed by atoms with Crippen molar-refractivity contribution >= 4 is 23.4 Å². The molecule has 0 aliphatic heterocycles. The predicted octanol–water partition coefficient (Wildman–Crippen LogP) is 2.41. The standard InChI is InChI=1S/C20H25N3O3S/c1-2-14-7-9-15(10-8-14)21-18(25)13-27-19-16-5-3-4-6-17(16)23(11-12-24)20(26)22-19/h7-10,24H,2-6,11-13H2,1H3,(H,21,25). The Morgan fingerprint density at radius 3 is 2.70 bits per heavy atom. The molecule has 6 nitrogen and oxygen atoms in total. The first-order valence-electron chi connectivity index (χ1n) is 9.37. The molecule has 2 aromatic rings. The number of fused-ring (bicyclic) bond motifs is 1. The van der Waals surface area contributed by atoms with Gasteiger partial charge in [-0.3, -0.25) is 9.36 Å². The van der Waals surface area contributed by atoms with Crippen LogP contribution in [0.15, 0.2) is 34.1 Å². The molecule has 1 amide bonds. The van der Waals surface area contributed by atoms with E-state index in [0.29, 0.717) is 5.03 Å². The van der Waals surface area contributed by atoms with Crippen molar-refractivity contribution in [3.05, 3.63) is 51.6 Å². The fourth-order valence-electron chi connectivity index (χ4n) is 3.35. The van der Waals surface area contributed by atoms with Gasteiger partial charge in [-0.25, -0.2) is 4.79 Å².